The number of piperidine rings is 1. The van der Waals surface area contributed by atoms with Gasteiger partial charge < -0.3 is 9.32 Å². The average Bonchev–Trinajstić information content (AvgIpc) is 3.06. The largest absolute Gasteiger partial charge is 0.417 e. The summed E-state index contributed by atoms with van der Waals surface area (Å²) in [6.07, 6.45) is 3.58. The molecule has 0 aliphatic carbocycles. The van der Waals surface area contributed by atoms with Gasteiger partial charge in [0.2, 0.25) is 0 Å². The molecule has 0 spiro atoms. The third-order valence-corrected chi connectivity index (χ3v) is 5.54. The highest BCUT2D eigenvalue weighted by Crippen LogP contribution is 2.23. The number of oxazole rings is 1. The van der Waals surface area contributed by atoms with Gasteiger partial charge in [-0.2, -0.15) is 0 Å². The number of H-pyrrole nitrogens is 1. The van der Waals surface area contributed by atoms with Gasteiger partial charge in [0.25, 0.3) is 0 Å². The second-order valence-electron chi connectivity index (χ2n) is 7.49. The Labute approximate surface area is 162 Å². The Bertz CT molecular complexity index is 1020. The molecule has 4 rings (SSSR count). The van der Waals surface area contributed by atoms with Gasteiger partial charge in [-0.1, -0.05) is 30.3 Å². The number of likely N-dealkylation sites (tertiary alicyclic amines) is 1. The molecule has 1 aromatic heterocycles. The van der Waals surface area contributed by atoms with Gasteiger partial charge >= 0.3 is 5.76 Å². The van der Waals surface area contributed by atoms with E-state index in [0.29, 0.717) is 18.0 Å². The topological polar surface area (TPSA) is 66.3 Å². The molecule has 5 nitrogen and oxygen atoms in total. The normalized spacial score (nSPS) is 15.9. The molecule has 0 amide bonds. The summed E-state index contributed by atoms with van der Waals surface area (Å²) < 4.78 is 19.0. The van der Waals surface area contributed by atoms with Crippen molar-refractivity contribution in [1.82, 2.24) is 9.88 Å². The fraction of sp³-hybridized carbons (Fsp3) is 0.364. The third-order valence-electron chi connectivity index (χ3n) is 5.54. The highest BCUT2D eigenvalue weighted by Gasteiger charge is 2.21. The van der Waals surface area contributed by atoms with Gasteiger partial charge in [-0.15, -0.1) is 0 Å². The minimum Gasteiger partial charge on any atom is -0.408 e. The van der Waals surface area contributed by atoms with Crippen LogP contribution in [0.5, 0.6) is 0 Å². The van der Waals surface area contributed by atoms with Crippen molar-refractivity contribution in [2.45, 2.75) is 25.7 Å². The Morgan fingerprint density at radius 3 is 2.68 bits per heavy atom. The van der Waals surface area contributed by atoms with Crippen LogP contribution in [0.3, 0.4) is 0 Å². The number of carbonyl (C=O) groups is 1. The van der Waals surface area contributed by atoms with E-state index < -0.39 is 11.6 Å². The second-order valence-corrected chi connectivity index (χ2v) is 7.49. The smallest absolute Gasteiger partial charge is 0.408 e. The minimum atomic E-state index is -0.655. The highest BCUT2D eigenvalue weighted by atomic mass is 19.1. The Morgan fingerprint density at radius 1 is 1.18 bits per heavy atom. The Kier molecular flexibility index (Phi) is 5.39. The number of nitrogens with zero attached hydrogens (tertiary/aromatic N) is 1. The average molecular weight is 382 g/mol. The fourth-order valence-corrected chi connectivity index (χ4v) is 3.94. The second kappa shape index (κ2) is 8.10. The van der Waals surface area contributed by atoms with Crippen molar-refractivity contribution in [3.8, 4) is 0 Å². The zero-order valence-corrected chi connectivity index (χ0v) is 15.6. The van der Waals surface area contributed by atoms with Crippen LogP contribution in [0.1, 0.15) is 35.2 Å². The maximum absolute atomic E-state index is 14.2. The molecule has 1 aliphatic heterocycles. The molecule has 28 heavy (non-hydrogen) atoms. The van der Waals surface area contributed by atoms with Crippen LogP contribution in [0.4, 0.5) is 4.39 Å². The van der Waals surface area contributed by atoms with E-state index in [1.165, 1.54) is 11.6 Å². The molecule has 1 aliphatic rings. The molecule has 2 aromatic carbocycles. The van der Waals surface area contributed by atoms with Crippen molar-refractivity contribution in [2.75, 3.05) is 19.6 Å². The lowest BCUT2D eigenvalue weighted by atomic mass is 9.90. The predicted molar refractivity (Wildman–Crippen MR) is 105 cm³/mol. The summed E-state index contributed by atoms with van der Waals surface area (Å²) in [5, 5.41) is 0. The molecule has 1 N–H and O–H groups in total. The van der Waals surface area contributed by atoms with Gasteiger partial charge in [0, 0.05) is 19.0 Å². The van der Waals surface area contributed by atoms with Gasteiger partial charge in [-0.05, 0) is 49.9 Å². The van der Waals surface area contributed by atoms with E-state index in [0.717, 1.165) is 38.4 Å². The number of fused-ring (bicyclic) bond motifs is 1. The number of hydrogen-bond acceptors (Lipinski definition) is 4. The van der Waals surface area contributed by atoms with Gasteiger partial charge in [-0.25, -0.2) is 9.18 Å². The van der Waals surface area contributed by atoms with Gasteiger partial charge in [0.15, 0.2) is 11.4 Å². The molecule has 0 radical (unpaired) electrons. The van der Waals surface area contributed by atoms with Crippen LogP contribution in [0, 0.1) is 11.7 Å². The summed E-state index contributed by atoms with van der Waals surface area (Å²) in [5.74, 6) is -0.890. The minimum absolute atomic E-state index is 0.00325. The van der Waals surface area contributed by atoms with Crippen LogP contribution in [0.2, 0.25) is 0 Å². The van der Waals surface area contributed by atoms with E-state index in [9.17, 15) is 14.0 Å². The van der Waals surface area contributed by atoms with E-state index in [-0.39, 0.29) is 23.4 Å². The molecule has 0 saturated carbocycles. The Morgan fingerprint density at radius 2 is 1.93 bits per heavy atom. The SMILES string of the molecule is O=C(CCN1CCC(Cc2ccccc2)CC1)c1cc2[nH]c(=O)oc2cc1F. The van der Waals surface area contributed by atoms with Crippen LogP contribution in [0.15, 0.2) is 51.7 Å². The third kappa shape index (κ3) is 4.22. The summed E-state index contributed by atoms with van der Waals surface area (Å²) in [7, 11) is 0. The van der Waals surface area contributed by atoms with Crippen LogP contribution >= 0.6 is 0 Å². The number of benzene rings is 2. The standard InChI is InChI=1S/C22H23FN2O3/c23-18-14-21-19(24-22(27)28-21)13-17(18)20(26)8-11-25-9-6-16(7-10-25)12-15-4-2-1-3-5-15/h1-5,13-14,16H,6-12H2,(H,24,27). The molecule has 6 heteroatoms. The maximum Gasteiger partial charge on any atom is 0.417 e. The molecule has 0 unspecified atom stereocenters. The van der Waals surface area contributed by atoms with Crippen LogP contribution in [0.25, 0.3) is 11.1 Å². The molecule has 146 valence electrons. The number of halogens is 1. The van der Waals surface area contributed by atoms with Crippen molar-refractivity contribution in [3.05, 3.63) is 70.0 Å². The number of nitrogens with one attached hydrogen (secondary N) is 1. The molecule has 1 fully saturated rings. The van der Waals surface area contributed by atoms with E-state index in [1.54, 1.807) is 0 Å². The van der Waals surface area contributed by atoms with Crippen molar-refractivity contribution < 1.29 is 13.6 Å². The van der Waals surface area contributed by atoms with Gasteiger partial charge in [-0.3, -0.25) is 9.78 Å². The number of rotatable bonds is 6. The predicted octanol–water partition coefficient (Wildman–Crippen LogP) is 3.79. The van der Waals surface area contributed by atoms with E-state index in [2.05, 4.69) is 34.1 Å². The first-order valence-electron chi connectivity index (χ1n) is 9.70. The van der Waals surface area contributed by atoms with Gasteiger partial charge in [0.1, 0.15) is 5.82 Å². The van der Waals surface area contributed by atoms with Crippen molar-refractivity contribution in [3.63, 3.8) is 0 Å². The fourth-order valence-electron chi connectivity index (χ4n) is 3.94. The van der Waals surface area contributed by atoms with Gasteiger partial charge in [0.05, 0.1) is 11.1 Å². The lowest BCUT2D eigenvalue weighted by Gasteiger charge is -2.31. The monoisotopic (exact) mass is 382 g/mol. The Balaban J connectivity index is 1.30. The van der Waals surface area contributed by atoms with E-state index in [4.69, 9.17) is 4.42 Å². The molecular weight excluding hydrogens is 359 g/mol. The number of carbonyl (C=O) groups excluding carboxylic acids is 1. The quantitative estimate of drug-likeness (QED) is 0.659. The zero-order chi connectivity index (χ0) is 19.5. The lowest BCUT2D eigenvalue weighted by Crippen LogP contribution is -2.35. The first kappa shape index (κ1) is 18.6. The number of hydrogen-bond donors (Lipinski definition) is 1. The van der Waals surface area contributed by atoms with Crippen molar-refractivity contribution in [1.29, 1.82) is 0 Å². The first-order valence-corrected chi connectivity index (χ1v) is 9.70. The highest BCUT2D eigenvalue weighted by molar-refractivity contribution is 5.99. The summed E-state index contributed by atoms with van der Waals surface area (Å²) >= 11 is 0. The number of aromatic amines is 1. The van der Waals surface area contributed by atoms with Crippen LogP contribution in [-0.4, -0.2) is 35.3 Å². The number of aromatic nitrogens is 1. The summed E-state index contributed by atoms with van der Waals surface area (Å²) in [4.78, 5) is 28.4. The van der Waals surface area contributed by atoms with Crippen LogP contribution < -0.4 is 5.76 Å². The number of ketones is 1. The molecular formula is C22H23FN2O3. The maximum atomic E-state index is 14.2. The Hall–Kier alpha value is -2.73. The lowest BCUT2D eigenvalue weighted by molar-refractivity contribution is 0.0947. The summed E-state index contributed by atoms with van der Waals surface area (Å²) in [6.45, 7) is 2.54. The van der Waals surface area contributed by atoms with Crippen LogP contribution in [-0.2, 0) is 6.42 Å². The molecule has 0 bridgehead atoms. The van der Waals surface area contributed by atoms with E-state index >= 15 is 0 Å². The van der Waals surface area contributed by atoms with E-state index in [1.807, 2.05) is 6.07 Å². The van der Waals surface area contributed by atoms with Crippen molar-refractivity contribution >= 4 is 16.9 Å². The molecule has 2 heterocycles. The molecule has 3 aromatic rings. The molecule has 0 atom stereocenters. The first-order chi connectivity index (χ1) is 13.6. The zero-order valence-electron chi connectivity index (χ0n) is 15.6. The summed E-state index contributed by atoms with van der Waals surface area (Å²) in [6, 6.07) is 13.0. The number of Topliss-reactive ketones (excluding diaryl/α,β-unsaturated/α-hetero) is 1. The summed E-state index contributed by atoms with van der Waals surface area (Å²) in [5.41, 5.74) is 1.85. The molecule has 1 saturated heterocycles. The van der Waals surface area contributed by atoms with Crippen molar-refractivity contribution in [2.24, 2.45) is 5.92 Å².